The molecule has 2 atom stereocenters. The summed E-state index contributed by atoms with van der Waals surface area (Å²) in [6, 6.07) is -0.299. The molecule has 2 N–H and O–H groups in total. The zero-order chi connectivity index (χ0) is 18.3. The van der Waals surface area contributed by atoms with Gasteiger partial charge in [0.15, 0.2) is 5.78 Å². The van der Waals surface area contributed by atoms with E-state index >= 15 is 0 Å². The predicted molar refractivity (Wildman–Crippen MR) is 90.9 cm³/mol. The van der Waals surface area contributed by atoms with Gasteiger partial charge in [-0.3, -0.25) is 9.59 Å². The molecule has 1 fully saturated rings. The van der Waals surface area contributed by atoms with E-state index in [0.717, 1.165) is 10.9 Å². The number of nitrogens with one attached hydrogen (secondary N) is 1. The van der Waals surface area contributed by atoms with Crippen molar-refractivity contribution in [2.45, 2.75) is 44.3 Å². The molecule has 9 heteroatoms. The van der Waals surface area contributed by atoms with Gasteiger partial charge >= 0.3 is 12.1 Å². The Labute approximate surface area is 143 Å². The molecule has 8 nitrogen and oxygen atoms in total. The highest BCUT2D eigenvalue weighted by Crippen LogP contribution is 2.13. The highest BCUT2D eigenvalue weighted by atomic mass is 28.3. The van der Waals surface area contributed by atoms with Crippen LogP contribution < -0.4 is 5.32 Å². The van der Waals surface area contributed by atoms with Crippen molar-refractivity contribution < 1.29 is 29.0 Å². The first-order valence-corrected chi connectivity index (χ1v) is 11.8. The average molecular weight is 360 g/mol. The van der Waals surface area contributed by atoms with Gasteiger partial charge in [-0.1, -0.05) is 19.6 Å². The summed E-state index contributed by atoms with van der Waals surface area (Å²) >= 11 is 0. The molecule has 24 heavy (non-hydrogen) atoms. The van der Waals surface area contributed by atoms with Gasteiger partial charge in [0.2, 0.25) is 0 Å². The SMILES string of the molecule is CN(C(=O)OCC[Si](C)(C)C)C(CC(=O)O)C(=O)C1CNCCO1. The number of hydrogen-bond acceptors (Lipinski definition) is 6. The molecular formula is C15H28N2O6Si. The Hall–Kier alpha value is -1.45. The van der Waals surface area contributed by atoms with Crippen molar-refractivity contribution in [2.75, 3.05) is 33.4 Å². The van der Waals surface area contributed by atoms with E-state index in [-0.39, 0.29) is 6.61 Å². The first kappa shape index (κ1) is 20.6. The minimum atomic E-state index is -1.35. The third kappa shape index (κ3) is 6.98. The average Bonchev–Trinajstić information content (AvgIpc) is 2.50. The lowest BCUT2D eigenvalue weighted by Crippen LogP contribution is -2.53. The van der Waals surface area contributed by atoms with Gasteiger partial charge in [0, 0.05) is 28.2 Å². The number of hydrogen-bond donors (Lipinski definition) is 2. The molecular weight excluding hydrogens is 332 g/mol. The van der Waals surface area contributed by atoms with Crippen LogP contribution in [0.5, 0.6) is 0 Å². The van der Waals surface area contributed by atoms with Gasteiger partial charge in [-0.05, 0) is 6.04 Å². The quantitative estimate of drug-likeness (QED) is 0.617. The number of ether oxygens (including phenoxy) is 2. The molecule has 0 spiro atoms. The van der Waals surface area contributed by atoms with Crippen molar-refractivity contribution in [3.05, 3.63) is 0 Å². The maximum Gasteiger partial charge on any atom is 0.410 e. The summed E-state index contributed by atoms with van der Waals surface area (Å²) in [6.45, 7) is 8.09. The molecule has 0 bridgehead atoms. The van der Waals surface area contributed by atoms with Crippen molar-refractivity contribution in [1.29, 1.82) is 0 Å². The minimum Gasteiger partial charge on any atom is -0.481 e. The van der Waals surface area contributed by atoms with E-state index < -0.39 is 44.5 Å². The molecule has 138 valence electrons. The van der Waals surface area contributed by atoms with Gasteiger partial charge in [0.25, 0.3) is 0 Å². The number of carbonyl (C=O) groups excluding carboxylic acids is 2. The van der Waals surface area contributed by atoms with Crippen molar-refractivity contribution in [3.8, 4) is 0 Å². The molecule has 2 unspecified atom stereocenters. The molecule has 0 aromatic rings. The monoisotopic (exact) mass is 360 g/mol. The van der Waals surface area contributed by atoms with Crippen LogP contribution in [0.2, 0.25) is 25.7 Å². The van der Waals surface area contributed by atoms with Crippen LogP contribution in [0.25, 0.3) is 0 Å². The molecule has 1 aliphatic rings. The fourth-order valence-corrected chi connectivity index (χ4v) is 2.94. The molecule has 0 radical (unpaired) electrons. The van der Waals surface area contributed by atoms with Gasteiger partial charge < -0.3 is 24.8 Å². The zero-order valence-corrected chi connectivity index (χ0v) is 15.8. The molecule has 1 saturated heterocycles. The Balaban J connectivity index is 2.69. The molecule has 1 amide bonds. The lowest BCUT2D eigenvalue weighted by atomic mass is 10.0. The summed E-state index contributed by atoms with van der Waals surface area (Å²) in [5, 5.41) is 12.1. The molecule has 1 aliphatic heterocycles. The van der Waals surface area contributed by atoms with Crippen LogP contribution in [-0.2, 0) is 19.1 Å². The molecule has 0 aromatic carbocycles. The van der Waals surface area contributed by atoms with E-state index in [9.17, 15) is 14.4 Å². The van der Waals surface area contributed by atoms with Crippen LogP contribution in [0, 0.1) is 0 Å². The Bertz CT molecular complexity index is 459. The van der Waals surface area contributed by atoms with Crippen LogP contribution in [0.1, 0.15) is 6.42 Å². The summed E-state index contributed by atoms with van der Waals surface area (Å²) in [4.78, 5) is 36.9. The Morgan fingerprint density at radius 3 is 2.54 bits per heavy atom. The third-order valence-electron chi connectivity index (χ3n) is 3.77. The van der Waals surface area contributed by atoms with E-state index in [2.05, 4.69) is 25.0 Å². The van der Waals surface area contributed by atoms with Crippen LogP contribution in [0.15, 0.2) is 0 Å². The number of morpholine rings is 1. The van der Waals surface area contributed by atoms with Gasteiger partial charge in [0.05, 0.1) is 19.6 Å². The number of amides is 1. The summed E-state index contributed by atoms with van der Waals surface area (Å²) in [5.41, 5.74) is 0. The number of Topliss-reactive ketones (excluding diaryl/α,β-unsaturated/α-hetero) is 1. The lowest BCUT2D eigenvalue weighted by Gasteiger charge is -2.30. The highest BCUT2D eigenvalue weighted by molar-refractivity contribution is 6.76. The van der Waals surface area contributed by atoms with Crippen molar-refractivity contribution in [3.63, 3.8) is 0 Å². The number of likely N-dealkylation sites (N-methyl/N-ethyl adjacent to an activating group) is 1. The van der Waals surface area contributed by atoms with E-state index in [1.807, 2.05) is 0 Å². The Morgan fingerprint density at radius 1 is 1.38 bits per heavy atom. The smallest absolute Gasteiger partial charge is 0.410 e. The summed E-state index contributed by atoms with van der Waals surface area (Å²) < 4.78 is 10.6. The molecule has 0 saturated carbocycles. The van der Waals surface area contributed by atoms with Crippen LogP contribution in [-0.4, -0.2) is 81.4 Å². The number of ketones is 1. The number of carbonyl (C=O) groups is 3. The van der Waals surface area contributed by atoms with E-state index in [1.54, 1.807) is 0 Å². The van der Waals surface area contributed by atoms with Gasteiger partial charge in [-0.25, -0.2) is 4.79 Å². The van der Waals surface area contributed by atoms with Crippen molar-refractivity contribution in [1.82, 2.24) is 10.2 Å². The number of aliphatic carboxylic acids is 1. The fourth-order valence-electron chi connectivity index (χ4n) is 2.23. The minimum absolute atomic E-state index is 0.272. The third-order valence-corrected chi connectivity index (χ3v) is 5.48. The molecule has 0 aliphatic carbocycles. The Morgan fingerprint density at radius 2 is 2.04 bits per heavy atom. The second-order valence-electron chi connectivity index (χ2n) is 7.12. The van der Waals surface area contributed by atoms with Crippen LogP contribution in [0.3, 0.4) is 0 Å². The molecule has 1 heterocycles. The maximum absolute atomic E-state index is 12.5. The Kier molecular flexibility index (Phi) is 7.84. The molecule has 1 rings (SSSR count). The van der Waals surface area contributed by atoms with E-state index in [4.69, 9.17) is 14.6 Å². The maximum atomic E-state index is 12.5. The largest absolute Gasteiger partial charge is 0.481 e. The molecule has 0 aromatic heterocycles. The predicted octanol–water partition coefficient (Wildman–Crippen LogP) is 0.794. The second-order valence-corrected chi connectivity index (χ2v) is 12.7. The van der Waals surface area contributed by atoms with Gasteiger partial charge in [0.1, 0.15) is 12.1 Å². The van der Waals surface area contributed by atoms with Crippen LogP contribution >= 0.6 is 0 Å². The van der Waals surface area contributed by atoms with Gasteiger partial charge in [-0.2, -0.15) is 0 Å². The normalized spacial score (nSPS) is 19.4. The number of rotatable bonds is 8. The first-order valence-electron chi connectivity index (χ1n) is 8.09. The number of carboxylic acid groups (broad SMARTS) is 1. The standard InChI is InChI=1S/C15H28N2O6Si/c1-17(15(21)23-7-8-24(2,3)4)11(9-13(18)19)14(20)12-10-16-5-6-22-12/h11-12,16H,5-10H2,1-4H3,(H,18,19). The zero-order valence-electron chi connectivity index (χ0n) is 14.8. The van der Waals surface area contributed by atoms with Crippen molar-refractivity contribution >= 4 is 25.9 Å². The fraction of sp³-hybridized carbons (Fsp3) is 0.800. The van der Waals surface area contributed by atoms with E-state index in [1.165, 1.54) is 7.05 Å². The summed E-state index contributed by atoms with van der Waals surface area (Å²) in [6.07, 6.45) is -1.91. The van der Waals surface area contributed by atoms with Crippen LogP contribution in [0.4, 0.5) is 4.79 Å². The summed E-state index contributed by atoms with van der Waals surface area (Å²) in [7, 11) is 0.0416. The second kappa shape index (κ2) is 9.14. The lowest BCUT2D eigenvalue weighted by molar-refractivity contribution is -0.144. The topological polar surface area (TPSA) is 105 Å². The summed E-state index contributed by atoms with van der Waals surface area (Å²) in [5.74, 6) is -1.58. The van der Waals surface area contributed by atoms with E-state index in [0.29, 0.717) is 19.7 Å². The highest BCUT2D eigenvalue weighted by Gasteiger charge is 2.36. The number of carboxylic acids is 1. The van der Waals surface area contributed by atoms with Gasteiger partial charge in [-0.15, -0.1) is 0 Å². The van der Waals surface area contributed by atoms with Crippen molar-refractivity contribution in [2.24, 2.45) is 0 Å². The number of nitrogens with zero attached hydrogens (tertiary/aromatic N) is 1. The first-order chi connectivity index (χ1) is 11.1.